The van der Waals surface area contributed by atoms with Crippen LogP contribution in [0.25, 0.3) is 32.1 Å². The van der Waals surface area contributed by atoms with Crippen molar-refractivity contribution in [1.82, 2.24) is 8.51 Å². The van der Waals surface area contributed by atoms with E-state index in [0.717, 1.165) is 33.0 Å². The van der Waals surface area contributed by atoms with E-state index in [2.05, 4.69) is 31.4 Å². The normalized spacial score (nSPS) is 12.2. The van der Waals surface area contributed by atoms with Crippen LogP contribution in [0.3, 0.4) is 0 Å². The molecule has 2 heterocycles. The van der Waals surface area contributed by atoms with Crippen molar-refractivity contribution < 1.29 is 9.13 Å². The van der Waals surface area contributed by atoms with Crippen molar-refractivity contribution in [3.63, 3.8) is 0 Å². The SMILES string of the molecule is COc1cc(C)c2[nH]c(=O)c3sccc3c2c1-c1ccc(C(C)CNI)c(F)c1.Cl. The maximum absolute atomic E-state index is 15.0. The maximum atomic E-state index is 15.0. The average molecular weight is 559 g/mol. The molecule has 4 aromatic rings. The van der Waals surface area contributed by atoms with E-state index >= 15 is 4.39 Å². The number of methoxy groups -OCH3 is 1. The van der Waals surface area contributed by atoms with E-state index < -0.39 is 0 Å². The highest BCUT2D eigenvalue weighted by molar-refractivity contribution is 14.1. The van der Waals surface area contributed by atoms with Crippen molar-refractivity contribution in [1.29, 1.82) is 0 Å². The van der Waals surface area contributed by atoms with E-state index in [1.165, 1.54) is 11.3 Å². The van der Waals surface area contributed by atoms with Crippen LogP contribution in [-0.2, 0) is 0 Å². The molecule has 0 aliphatic heterocycles. The molecule has 30 heavy (non-hydrogen) atoms. The Bertz CT molecular complexity index is 1290. The van der Waals surface area contributed by atoms with Crippen LogP contribution >= 0.6 is 46.6 Å². The molecular weight excluding hydrogens is 538 g/mol. The van der Waals surface area contributed by atoms with Crippen LogP contribution in [-0.4, -0.2) is 18.6 Å². The van der Waals surface area contributed by atoms with Crippen LogP contribution in [0, 0.1) is 12.7 Å². The number of ether oxygens (including phenoxy) is 1. The fourth-order valence-corrected chi connectivity index (χ4v) is 5.28. The second kappa shape index (κ2) is 9.21. The molecule has 0 aliphatic rings. The molecule has 0 aliphatic carbocycles. The Morgan fingerprint density at radius 1 is 1.30 bits per heavy atom. The summed E-state index contributed by atoms with van der Waals surface area (Å²) >= 11 is 3.47. The third-order valence-electron chi connectivity index (χ3n) is 5.29. The standard InChI is InChI=1S/C22H20FIN2O2S.ClH/c1-11-8-17(28-3)18(13-4-5-14(16(23)9-13)12(2)10-25-24)19-15-6-7-29-21(15)22(27)26-20(11)19;/h4-9,12,25H,10H2,1-3H3,(H,26,27);1H. The van der Waals surface area contributed by atoms with Crippen LogP contribution in [0.1, 0.15) is 24.0 Å². The Balaban J connectivity index is 0.00000256. The zero-order valence-corrected chi connectivity index (χ0v) is 20.4. The molecule has 2 N–H and O–H groups in total. The van der Waals surface area contributed by atoms with E-state index in [0.29, 0.717) is 22.6 Å². The first-order chi connectivity index (χ1) is 14.0. The van der Waals surface area contributed by atoms with Gasteiger partial charge in [-0.1, -0.05) is 19.1 Å². The summed E-state index contributed by atoms with van der Waals surface area (Å²) in [5.74, 6) is 0.463. The lowest BCUT2D eigenvalue weighted by atomic mass is 9.92. The Kier molecular flexibility index (Phi) is 7.06. The molecule has 0 saturated heterocycles. The predicted octanol–water partition coefficient (Wildman–Crippen LogP) is 6.33. The van der Waals surface area contributed by atoms with Crippen LogP contribution in [0.2, 0.25) is 0 Å². The molecule has 0 bridgehead atoms. The number of thiophene rings is 1. The number of halogens is 3. The summed E-state index contributed by atoms with van der Waals surface area (Å²) in [5, 5.41) is 3.64. The molecule has 2 aromatic carbocycles. The van der Waals surface area contributed by atoms with Crippen LogP contribution in [0.15, 0.2) is 40.5 Å². The Morgan fingerprint density at radius 2 is 2.07 bits per heavy atom. The number of benzene rings is 2. The van der Waals surface area contributed by atoms with Gasteiger partial charge < -0.3 is 9.72 Å². The molecule has 0 spiro atoms. The van der Waals surface area contributed by atoms with Gasteiger partial charge in [0.25, 0.3) is 5.56 Å². The summed E-state index contributed by atoms with van der Waals surface area (Å²) < 4.78 is 24.4. The highest BCUT2D eigenvalue weighted by Crippen LogP contribution is 2.42. The van der Waals surface area contributed by atoms with Gasteiger partial charge in [0.1, 0.15) is 16.3 Å². The Hall–Kier alpha value is -1.68. The second-order valence-electron chi connectivity index (χ2n) is 7.11. The minimum absolute atomic E-state index is 0. The Labute approximate surface area is 197 Å². The zero-order valence-electron chi connectivity index (χ0n) is 16.6. The predicted molar refractivity (Wildman–Crippen MR) is 134 cm³/mol. The molecule has 0 radical (unpaired) electrons. The smallest absolute Gasteiger partial charge is 0.266 e. The van der Waals surface area contributed by atoms with Crippen LogP contribution in [0.4, 0.5) is 4.39 Å². The lowest BCUT2D eigenvalue weighted by Gasteiger charge is -2.17. The molecule has 4 rings (SSSR count). The Morgan fingerprint density at radius 3 is 2.73 bits per heavy atom. The van der Waals surface area contributed by atoms with Gasteiger partial charge in [-0.2, -0.15) is 0 Å². The first-order valence-corrected chi connectivity index (χ1v) is 11.2. The fraction of sp³-hybridized carbons (Fsp3) is 0.227. The quantitative estimate of drug-likeness (QED) is 0.222. The summed E-state index contributed by atoms with van der Waals surface area (Å²) in [6.45, 7) is 4.61. The lowest BCUT2D eigenvalue weighted by Crippen LogP contribution is -2.11. The van der Waals surface area contributed by atoms with E-state index in [1.54, 1.807) is 13.2 Å². The average Bonchev–Trinajstić information content (AvgIpc) is 3.19. The summed E-state index contributed by atoms with van der Waals surface area (Å²) in [6, 6.07) is 9.16. The number of pyridine rings is 1. The number of aromatic amines is 1. The van der Waals surface area contributed by atoms with Gasteiger partial charge in [-0.15, -0.1) is 23.7 Å². The van der Waals surface area contributed by atoms with Crippen molar-refractivity contribution in [3.8, 4) is 16.9 Å². The van der Waals surface area contributed by atoms with Gasteiger partial charge in [0.05, 0.1) is 12.6 Å². The first kappa shape index (κ1) is 23.0. The van der Waals surface area contributed by atoms with E-state index in [1.807, 2.05) is 43.5 Å². The first-order valence-electron chi connectivity index (χ1n) is 9.20. The molecular formula is C22H21ClFIN2O2S. The molecule has 158 valence electrons. The molecule has 2 aromatic heterocycles. The molecule has 4 nitrogen and oxygen atoms in total. The van der Waals surface area contributed by atoms with Crippen molar-refractivity contribution in [3.05, 3.63) is 63.0 Å². The third kappa shape index (κ3) is 3.84. The van der Waals surface area contributed by atoms with E-state index in [4.69, 9.17) is 4.74 Å². The largest absolute Gasteiger partial charge is 0.496 e. The number of hydrogen-bond acceptors (Lipinski definition) is 4. The van der Waals surface area contributed by atoms with Crippen molar-refractivity contribution >= 4 is 67.6 Å². The number of aryl methyl sites for hydroxylation is 1. The number of aromatic nitrogens is 1. The van der Waals surface area contributed by atoms with Crippen molar-refractivity contribution in [2.45, 2.75) is 19.8 Å². The maximum Gasteiger partial charge on any atom is 0.266 e. The highest BCUT2D eigenvalue weighted by Gasteiger charge is 2.20. The summed E-state index contributed by atoms with van der Waals surface area (Å²) in [5.41, 5.74) is 3.74. The number of hydrogen-bond donors (Lipinski definition) is 2. The number of rotatable bonds is 5. The number of fused-ring (bicyclic) bond motifs is 3. The fourth-order valence-electron chi connectivity index (χ4n) is 3.82. The van der Waals surface area contributed by atoms with Crippen LogP contribution in [0.5, 0.6) is 5.75 Å². The molecule has 1 atom stereocenters. The van der Waals surface area contributed by atoms with Gasteiger partial charge in [0.2, 0.25) is 0 Å². The van der Waals surface area contributed by atoms with Gasteiger partial charge in [-0.05, 0) is 53.1 Å². The van der Waals surface area contributed by atoms with Crippen LogP contribution < -0.4 is 13.8 Å². The van der Waals surface area contributed by atoms with E-state index in [9.17, 15) is 4.79 Å². The van der Waals surface area contributed by atoms with Gasteiger partial charge in [0, 0.05) is 45.7 Å². The summed E-state index contributed by atoms with van der Waals surface area (Å²) in [6.07, 6.45) is 0. The second-order valence-corrected chi connectivity index (χ2v) is 8.79. The summed E-state index contributed by atoms with van der Waals surface area (Å²) in [4.78, 5) is 15.5. The van der Waals surface area contributed by atoms with Gasteiger partial charge in [-0.3, -0.25) is 8.32 Å². The van der Waals surface area contributed by atoms with Gasteiger partial charge in [-0.25, -0.2) is 4.39 Å². The monoisotopic (exact) mass is 558 g/mol. The molecule has 1 unspecified atom stereocenters. The molecule has 0 amide bonds. The number of nitrogens with one attached hydrogen (secondary N) is 2. The molecule has 8 heteroatoms. The molecule has 0 saturated carbocycles. The summed E-state index contributed by atoms with van der Waals surface area (Å²) in [7, 11) is 1.61. The lowest BCUT2D eigenvalue weighted by molar-refractivity contribution is 0.416. The van der Waals surface area contributed by atoms with Crippen molar-refractivity contribution in [2.24, 2.45) is 0 Å². The number of H-pyrrole nitrogens is 1. The van der Waals surface area contributed by atoms with Gasteiger partial charge >= 0.3 is 0 Å². The minimum atomic E-state index is -0.247. The minimum Gasteiger partial charge on any atom is -0.496 e. The van der Waals surface area contributed by atoms with Crippen molar-refractivity contribution in [2.75, 3.05) is 13.7 Å². The zero-order chi connectivity index (χ0) is 20.7. The highest BCUT2D eigenvalue weighted by atomic mass is 127. The third-order valence-corrected chi connectivity index (χ3v) is 6.64. The molecule has 0 fully saturated rings. The van der Waals surface area contributed by atoms with Gasteiger partial charge in [0.15, 0.2) is 0 Å². The van der Waals surface area contributed by atoms with E-state index in [-0.39, 0.29) is 29.7 Å². The topological polar surface area (TPSA) is 54.1 Å².